The topological polar surface area (TPSA) is 80.8 Å². The van der Waals surface area contributed by atoms with Gasteiger partial charge in [-0.1, -0.05) is 30.3 Å². The Balaban J connectivity index is 2.15. The summed E-state index contributed by atoms with van der Waals surface area (Å²) in [4.78, 5) is 26.2. The molecule has 2 aromatic carbocycles. The summed E-state index contributed by atoms with van der Waals surface area (Å²) >= 11 is 0. The number of benzene rings is 2. The molecule has 0 aliphatic rings. The molecule has 0 spiro atoms. The van der Waals surface area contributed by atoms with Crippen molar-refractivity contribution in [3.05, 3.63) is 60.2 Å². The van der Waals surface area contributed by atoms with Gasteiger partial charge in [-0.25, -0.2) is 13.2 Å². The molecule has 0 saturated heterocycles. The highest BCUT2D eigenvalue weighted by atomic mass is 32.2. The van der Waals surface area contributed by atoms with Crippen LogP contribution in [0.5, 0.6) is 0 Å². The lowest BCUT2D eigenvalue weighted by molar-refractivity contribution is -0.122. The van der Waals surface area contributed by atoms with Gasteiger partial charge in [0, 0.05) is 18.0 Å². The van der Waals surface area contributed by atoms with Crippen molar-refractivity contribution < 1.29 is 22.7 Å². The van der Waals surface area contributed by atoms with Crippen LogP contribution in [0.3, 0.4) is 0 Å². The zero-order valence-corrected chi connectivity index (χ0v) is 15.7. The van der Waals surface area contributed by atoms with Gasteiger partial charge in [0.15, 0.2) is 16.4 Å². The van der Waals surface area contributed by atoms with E-state index in [9.17, 15) is 18.0 Å². The van der Waals surface area contributed by atoms with Gasteiger partial charge in [-0.05, 0) is 38.1 Å². The van der Waals surface area contributed by atoms with E-state index in [1.807, 2.05) is 32.0 Å². The average molecular weight is 375 g/mol. The number of carbonyl (C=O) groups is 2. The molecular weight excluding hydrogens is 354 g/mol. The van der Waals surface area contributed by atoms with E-state index in [0.717, 1.165) is 6.26 Å². The minimum absolute atomic E-state index is 0.0846. The van der Waals surface area contributed by atoms with Crippen molar-refractivity contribution in [2.24, 2.45) is 0 Å². The molecular formula is C19H21NO5S. The van der Waals surface area contributed by atoms with Crippen molar-refractivity contribution in [3.8, 4) is 0 Å². The highest BCUT2D eigenvalue weighted by Crippen LogP contribution is 2.18. The molecule has 0 fully saturated rings. The molecule has 0 unspecified atom stereocenters. The zero-order chi connectivity index (χ0) is 19.3. The van der Waals surface area contributed by atoms with E-state index in [1.165, 1.54) is 29.2 Å². The van der Waals surface area contributed by atoms with Crippen LogP contribution < -0.4 is 4.90 Å². The number of para-hydroxylation sites is 1. The fourth-order valence-electron chi connectivity index (χ4n) is 2.55. The predicted molar refractivity (Wildman–Crippen MR) is 98.9 cm³/mol. The summed E-state index contributed by atoms with van der Waals surface area (Å²) in [6.45, 7) is 3.22. The quantitative estimate of drug-likeness (QED) is 0.725. The maximum atomic E-state index is 12.5. The number of hydrogen-bond acceptors (Lipinski definition) is 5. The van der Waals surface area contributed by atoms with Crippen LogP contribution in [-0.4, -0.2) is 39.2 Å². The van der Waals surface area contributed by atoms with Crippen LogP contribution in [-0.2, 0) is 19.4 Å². The standard InChI is InChI=1S/C19H21NO5S/c1-14(2)20(15-9-5-4-6-10-15)18(21)13-25-19(22)16-11-7-8-12-17(16)26(3,23)24/h4-12,14H,13H2,1-3H3. The van der Waals surface area contributed by atoms with Crippen LogP contribution >= 0.6 is 0 Å². The maximum absolute atomic E-state index is 12.5. The van der Waals surface area contributed by atoms with Crippen molar-refractivity contribution in [1.29, 1.82) is 0 Å². The largest absolute Gasteiger partial charge is 0.452 e. The van der Waals surface area contributed by atoms with Gasteiger partial charge in [0.2, 0.25) is 0 Å². The van der Waals surface area contributed by atoms with Crippen molar-refractivity contribution in [1.82, 2.24) is 0 Å². The molecule has 2 aromatic rings. The zero-order valence-electron chi connectivity index (χ0n) is 14.9. The molecule has 138 valence electrons. The van der Waals surface area contributed by atoms with E-state index in [1.54, 1.807) is 12.1 Å². The number of hydrogen-bond donors (Lipinski definition) is 0. The second-order valence-electron chi connectivity index (χ2n) is 6.04. The van der Waals surface area contributed by atoms with E-state index in [0.29, 0.717) is 5.69 Å². The van der Waals surface area contributed by atoms with Gasteiger partial charge in [-0.3, -0.25) is 4.79 Å². The summed E-state index contributed by atoms with van der Waals surface area (Å²) < 4.78 is 28.7. The Morgan fingerprint density at radius 3 is 2.15 bits per heavy atom. The third-order valence-corrected chi connectivity index (χ3v) is 4.81. The summed E-state index contributed by atoms with van der Waals surface area (Å²) in [6.07, 6.45) is 1.01. The van der Waals surface area contributed by atoms with E-state index in [2.05, 4.69) is 0 Å². The molecule has 0 atom stereocenters. The Hall–Kier alpha value is -2.67. The van der Waals surface area contributed by atoms with E-state index in [4.69, 9.17) is 4.74 Å². The third kappa shape index (κ3) is 4.70. The second kappa shape index (κ2) is 8.14. The van der Waals surface area contributed by atoms with Crippen molar-refractivity contribution in [2.75, 3.05) is 17.8 Å². The Morgan fingerprint density at radius 1 is 1.00 bits per heavy atom. The van der Waals surface area contributed by atoms with Crippen LogP contribution in [0.4, 0.5) is 5.69 Å². The summed E-state index contributed by atoms with van der Waals surface area (Å²) in [5, 5.41) is 0. The lowest BCUT2D eigenvalue weighted by Crippen LogP contribution is -2.40. The molecule has 0 saturated carbocycles. The average Bonchev–Trinajstić information content (AvgIpc) is 2.59. The van der Waals surface area contributed by atoms with Gasteiger partial charge in [0.05, 0.1) is 10.5 Å². The van der Waals surface area contributed by atoms with Crippen molar-refractivity contribution >= 4 is 27.4 Å². The number of rotatable bonds is 6. The maximum Gasteiger partial charge on any atom is 0.339 e. The molecule has 0 N–H and O–H groups in total. The lowest BCUT2D eigenvalue weighted by Gasteiger charge is -2.26. The van der Waals surface area contributed by atoms with E-state index in [-0.39, 0.29) is 16.5 Å². The molecule has 0 bridgehead atoms. The monoisotopic (exact) mass is 375 g/mol. The number of carbonyl (C=O) groups excluding carboxylic acids is 2. The Kier molecular flexibility index (Phi) is 6.15. The van der Waals surface area contributed by atoms with Gasteiger partial charge in [-0.2, -0.15) is 0 Å². The molecule has 7 heteroatoms. The third-order valence-electron chi connectivity index (χ3n) is 3.65. The highest BCUT2D eigenvalue weighted by Gasteiger charge is 2.23. The number of nitrogens with zero attached hydrogens (tertiary/aromatic N) is 1. The molecule has 0 aromatic heterocycles. The molecule has 2 rings (SSSR count). The predicted octanol–water partition coefficient (Wildman–Crippen LogP) is 2.69. The van der Waals surface area contributed by atoms with Gasteiger partial charge in [0.1, 0.15) is 0 Å². The molecule has 0 aliphatic heterocycles. The first kappa shape index (κ1) is 19.7. The smallest absolute Gasteiger partial charge is 0.339 e. The highest BCUT2D eigenvalue weighted by molar-refractivity contribution is 7.90. The summed E-state index contributed by atoms with van der Waals surface area (Å²) in [7, 11) is -3.59. The van der Waals surface area contributed by atoms with Crippen molar-refractivity contribution in [2.45, 2.75) is 24.8 Å². The van der Waals surface area contributed by atoms with Crippen LogP contribution in [0.2, 0.25) is 0 Å². The van der Waals surface area contributed by atoms with Gasteiger partial charge in [0.25, 0.3) is 5.91 Å². The molecule has 26 heavy (non-hydrogen) atoms. The minimum Gasteiger partial charge on any atom is -0.452 e. The van der Waals surface area contributed by atoms with E-state index < -0.39 is 28.3 Å². The Morgan fingerprint density at radius 2 is 1.58 bits per heavy atom. The molecule has 0 aliphatic carbocycles. The SMILES string of the molecule is CC(C)N(C(=O)COC(=O)c1ccccc1S(C)(=O)=O)c1ccccc1. The van der Waals surface area contributed by atoms with Crippen LogP contribution in [0.15, 0.2) is 59.5 Å². The van der Waals surface area contributed by atoms with Crippen LogP contribution in [0, 0.1) is 0 Å². The molecule has 1 amide bonds. The Labute approximate surface area is 153 Å². The number of sulfone groups is 1. The fraction of sp³-hybridized carbons (Fsp3) is 0.263. The normalized spacial score (nSPS) is 11.2. The Bertz CT molecular complexity index is 891. The number of amides is 1. The van der Waals surface area contributed by atoms with Crippen LogP contribution in [0.25, 0.3) is 0 Å². The van der Waals surface area contributed by atoms with Crippen LogP contribution in [0.1, 0.15) is 24.2 Å². The van der Waals surface area contributed by atoms with Crippen molar-refractivity contribution in [3.63, 3.8) is 0 Å². The number of anilines is 1. The molecule has 6 nitrogen and oxygen atoms in total. The first-order valence-corrected chi connectivity index (χ1v) is 9.94. The fourth-order valence-corrected chi connectivity index (χ4v) is 3.43. The van der Waals surface area contributed by atoms with Gasteiger partial charge in [-0.15, -0.1) is 0 Å². The summed E-state index contributed by atoms with van der Waals surface area (Å²) in [5.41, 5.74) is 0.610. The number of ether oxygens (including phenoxy) is 1. The minimum atomic E-state index is -3.59. The summed E-state index contributed by atoms with van der Waals surface area (Å²) in [6, 6.07) is 14.7. The van der Waals surface area contributed by atoms with Gasteiger partial charge < -0.3 is 9.64 Å². The first-order valence-electron chi connectivity index (χ1n) is 8.05. The molecule has 0 radical (unpaired) electrons. The van der Waals surface area contributed by atoms with Gasteiger partial charge >= 0.3 is 5.97 Å². The molecule has 0 heterocycles. The van der Waals surface area contributed by atoms with E-state index >= 15 is 0 Å². The second-order valence-corrected chi connectivity index (χ2v) is 8.02. The first-order chi connectivity index (χ1) is 12.2. The number of esters is 1. The summed E-state index contributed by atoms with van der Waals surface area (Å²) in [5.74, 6) is -1.24. The lowest BCUT2D eigenvalue weighted by atomic mass is 10.2.